The third-order valence-corrected chi connectivity index (χ3v) is 16.5. The maximum atomic E-state index is 6.55. The zero-order valence-corrected chi connectivity index (χ0v) is 18.8. The number of nitrogens with one attached hydrogen (secondary N) is 1. The first-order valence-corrected chi connectivity index (χ1v) is 14.7. The Morgan fingerprint density at radius 3 is 2.00 bits per heavy atom. The molecule has 0 bridgehead atoms. The molecule has 1 aliphatic heterocycles. The van der Waals surface area contributed by atoms with E-state index in [9.17, 15) is 0 Å². The predicted molar refractivity (Wildman–Crippen MR) is 104 cm³/mol. The van der Waals surface area contributed by atoms with Crippen molar-refractivity contribution >= 4 is 16.6 Å². The van der Waals surface area contributed by atoms with Gasteiger partial charge in [0, 0.05) is 25.7 Å². The molecular weight excluding hydrogens is 304 g/mol. The van der Waals surface area contributed by atoms with E-state index in [4.69, 9.17) is 4.43 Å². The number of hydrogen-bond acceptors (Lipinski definition) is 3. The van der Waals surface area contributed by atoms with Crippen LogP contribution in [0.25, 0.3) is 0 Å². The van der Waals surface area contributed by atoms with E-state index in [1.54, 1.807) is 0 Å². The lowest BCUT2D eigenvalue weighted by Crippen LogP contribution is -2.66. The van der Waals surface area contributed by atoms with Crippen LogP contribution in [0, 0.1) is 0 Å². The molecule has 1 N–H and O–H groups in total. The van der Waals surface area contributed by atoms with Crippen molar-refractivity contribution in [3.63, 3.8) is 0 Å². The molecule has 0 aromatic carbocycles. The smallest absolute Gasteiger partial charge is 0.192 e. The quantitative estimate of drug-likeness (QED) is 0.770. The molecule has 0 amide bonds. The topological polar surface area (TPSA) is 24.5 Å². The molecule has 0 aromatic heterocycles. The molecule has 1 fully saturated rings. The van der Waals surface area contributed by atoms with Crippen molar-refractivity contribution in [2.24, 2.45) is 0 Å². The Hall–Kier alpha value is 0.314. The summed E-state index contributed by atoms with van der Waals surface area (Å²) in [5.41, 5.74) is 0. The van der Waals surface area contributed by atoms with E-state index >= 15 is 0 Å². The van der Waals surface area contributed by atoms with E-state index in [1.807, 2.05) is 0 Å². The molecule has 1 rings (SSSR count). The molecule has 1 atom stereocenters. The van der Waals surface area contributed by atoms with Gasteiger partial charge in [-0.3, -0.25) is 0 Å². The minimum Gasteiger partial charge on any atom is -0.415 e. The van der Waals surface area contributed by atoms with Crippen LogP contribution in [0.1, 0.15) is 41.5 Å². The maximum Gasteiger partial charge on any atom is 0.192 e. The molecule has 0 aromatic rings. The van der Waals surface area contributed by atoms with E-state index in [1.165, 1.54) is 6.54 Å². The van der Waals surface area contributed by atoms with Crippen molar-refractivity contribution in [1.82, 2.24) is 9.88 Å². The van der Waals surface area contributed by atoms with Crippen LogP contribution in [0.5, 0.6) is 0 Å². The molecule has 1 aliphatic rings. The third kappa shape index (κ3) is 4.44. The molecule has 5 heteroatoms. The van der Waals surface area contributed by atoms with Gasteiger partial charge in [0.1, 0.15) is 8.24 Å². The molecular formula is C17H40N2OSi2. The van der Waals surface area contributed by atoms with Gasteiger partial charge in [0.05, 0.1) is 6.61 Å². The summed E-state index contributed by atoms with van der Waals surface area (Å²) in [7, 11) is -3.14. The molecule has 22 heavy (non-hydrogen) atoms. The third-order valence-electron chi connectivity index (χ3n) is 6.35. The van der Waals surface area contributed by atoms with Crippen LogP contribution < -0.4 is 5.32 Å². The maximum absolute atomic E-state index is 6.55. The van der Waals surface area contributed by atoms with Crippen LogP contribution >= 0.6 is 0 Å². The summed E-state index contributed by atoms with van der Waals surface area (Å²) >= 11 is 0. The number of piperazine rings is 1. The zero-order chi connectivity index (χ0) is 17.4. The lowest BCUT2D eigenvalue weighted by Gasteiger charge is -2.52. The average Bonchev–Trinajstić information content (AvgIpc) is 2.34. The standard InChI is InChI=1S/C17H40N2OSi2/c1-16(2,3)21(7,8)19-12-11-18-13-15(19)14-20-22(9,10)17(4,5)6/h15,18H,11-14H2,1-10H3. The van der Waals surface area contributed by atoms with Crippen LogP contribution in [0.15, 0.2) is 0 Å². The summed E-state index contributed by atoms with van der Waals surface area (Å²) in [6, 6.07) is 0.531. The van der Waals surface area contributed by atoms with Crippen molar-refractivity contribution in [2.45, 2.75) is 83.8 Å². The highest BCUT2D eigenvalue weighted by Gasteiger charge is 2.45. The Labute approximate surface area is 141 Å². The molecule has 0 saturated carbocycles. The molecule has 0 radical (unpaired) electrons. The molecule has 1 saturated heterocycles. The summed E-state index contributed by atoms with van der Waals surface area (Å²) in [5, 5.41) is 4.26. The Morgan fingerprint density at radius 1 is 1.00 bits per heavy atom. The Bertz CT molecular complexity index is 370. The summed E-state index contributed by atoms with van der Waals surface area (Å²) in [6.45, 7) is 28.2. The van der Waals surface area contributed by atoms with Gasteiger partial charge in [0.25, 0.3) is 0 Å². The minimum atomic E-state index is -1.66. The van der Waals surface area contributed by atoms with E-state index in [0.29, 0.717) is 11.1 Å². The first-order chi connectivity index (χ1) is 9.70. The Balaban J connectivity index is 2.84. The van der Waals surface area contributed by atoms with Crippen LogP contribution in [0.2, 0.25) is 36.3 Å². The van der Waals surface area contributed by atoms with Gasteiger partial charge in [-0.05, 0) is 23.2 Å². The average molecular weight is 345 g/mol. The number of hydrogen-bond donors (Lipinski definition) is 1. The Morgan fingerprint density at radius 2 is 1.55 bits per heavy atom. The molecule has 1 heterocycles. The minimum absolute atomic E-state index is 0.289. The second-order valence-electron chi connectivity index (χ2n) is 9.93. The summed E-state index contributed by atoms with van der Waals surface area (Å²) in [5.74, 6) is 0. The van der Waals surface area contributed by atoms with Crippen LogP contribution in [-0.4, -0.2) is 53.4 Å². The number of nitrogens with zero attached hydrogens (tertiary/aromatic N) is 1. The lowest BCUT2D eigenvalue weighted by molar-refractivity contribution is 0.158. The van der Waals surface area contributed by atoms with Crippen LogP contribution in [0.4, 0.5) is 0 Å². The van der Waals surface area contributed by atoms with Gasteiger partial charge in [-0.1, -0.05) is 54.6 Å². The highest BCUT2D eigenvalue weighted by Crippen LogP contribution is 2.40. The molecule has 1 unspecified atom stereocenters. The van der Waals surface area contributed by atoms with Crippen LogP contribution in [-0.2, 0) is 4.43 Å². The molecule has 132 valence electrons. The summed E-state index contributed by atoms with van der Waals surface area (Å²) in [4.78, 5) is 0. The molecule has 0 spiro atoms. The van der Waals surface area contributed by atoms with Crippen LogP contribution in [0.3, 0.4) is 0 Å². The van der Waals surface area contributed by atoms with E-state index < -0.39 is 16.6 Å². The first kappa shape index (κ1) is 20.4. The van der Waals surface area contributed by atoms with Crippen molar-refractivity contribution in [3.05, 3.63) is 0 Å². The second kappa shape index (κ2) is 6.67. The fourth-order valence-electron chi connectivity index (χ4n) is 2.60. The largest absolute Gasteiger partial charge is 0.415 e. The monoisotopic (exact) mass is 344 g/mol. The molecule has 0 aliphatic carbocycles. The highest BCUT2D eigenvalue weighted by molar-refractivity contribution is 6.77. The summed E-state index contributed by atoms with van der Waals surface area (Å²) in [6.07, 6.45) is 0. The van der Waals surface area contributed by atoms with Gasteiger partial charge < -0.3 is 14.3 Å². The predicted octanol–water partition coefficient (Wildman–Crippen LogP) is 4.29. The van der Waals surface area contributed by atoms with Gasteiger partial charge in [0.2, 0.25) is 0 Å². The van der Waals surface area contributed by atoms with Crippen molar-refractivity contribution < 1.29 is 4.43 Å². The fourth-order valence-corrected chi connectivity index (χ4v) is 6.25. The van der Waals surface area contributed by atoms with E-state index in [-0.39, 0.29) is 5.04 Å². The summed E-state index contributed by atoms with van der Waals surface area (Å²) < 4.78 is 9.37. The van der Waals surface area contributed by atoms with Gasteiger partial charge in [-0.15, -0.1) is 0 Å². The fraction of sp³-hybridized carbons (Fsp3) is 1.00. The molecule has 3 nitrogen and oxygen atoms in total. The van der Waals surface area contributed by atoms with Gasteiger partial charge in [0.15, 0.2) is 8.32 Å². The van der Waals surface area contributed by atoms with Gasteiger partial charge >= 0.3 is 0 Å². The second-order valence-corrected chi connectivity index (χ2v) is 19.9. The SMILES string of the molecule is CC(C)(C)[Si](C)(C)OCC1CNCCN1[Si](C)(C)C(C)(C)C. The number of rotatable bonds is 4. The highest BCUT2D eigenvalue weighted by atomic mass is 28.4. The van der Waals surface area contributed by atoms with Crippen molar-refractivity contribution in [2.75, 3.05) is 26.2 Å². The zero-order valence-electron chi connectivity index (χ0n) is 16.8. The first-order valence-electron chi connectivity index (χ1n) is 8.81. The lowest BCUT2D eigenvalue weighted by atomic mass is 10.2. The normalized spacial score (nSPS) is 22.9. The van der Waals surface area contributed by atoms with Gasteiger partial charge in [-0.25, -0.2) is 0 Å². The van der Waals surface area contributed by atoms with Gasteiger partial charge in [-0.2, -0.15) is 0 Å². The Kier molecular flexibility index (Phi) is 6.17. The van der Waals surface area contributed by atoms with Crippen molar-refractivity contribution in [3.8, 4) is 0 Å². The van der Waals surface area contributed by atoms with E-state index in [0.717, 1.165) is 19.7 Å². The van der Waals surface area contributed by atoms with E-state index in [2.05, 4.69) is 77.6 Å². The van der Waals surface area contributed by atoms with Crippen molar-refractivity contribution in [1.29, 1.82) is 0 Å².